The van der Waals surface area contributed by atoms with Crippen LogP contribution in [0.1, 0.15) is 82.6 Å². The molecule has 1 heterocycles. The van der Waals surface area contributed by atoms with Crippen LogP contribution in [0.25, 0.3) is 0 Å². The van der Waals surface area contributed by atoms with Crippen LogP contribution < -0.4 is 5.32 Å². The molecule has 6 heteroatoms. The Morgan fingerprint density at radius 3 is 2.74 bits per heavy atom. The zero-order chi connectivity index (χ0) is 25.1. The lowest BCUT2D eigenvalue weighted by atomic mass is 9.74. The van der Waals surface area contributed by atoms with Crippen LogP contribution in [0.5, 0.6) is 0 Å². The van der Waals surface area contributed by atoms with Crippen molar-refractivity contribution in [3.05, 3.63) is 34.3 Å². The Morgan fingerprint density at radius 2 is 2.03 bits per heavy atom. The molecule has 35 heavy (non-hydrogen) atoms. The first-order chi connectivity index (χ1) is 17.0. The number of amides is 1. The number of benzene rings is 1. The van der Waals surface area contributed by atoms with Gasteiger partial charge in [0.25, 0.3) is 0 Å². The van der Waals surface area contributed by atoms with Crippen LogP contribution >= 0.6 is 15.9 Å². The SMILES string of the molecule is CNC[C@@H](CC(=O)N1CCC[C@@H]([C@@](O)(CCCCOC)c2cccc(Br)c2)C1)CC1CCCCC1. The van der Waals surface area contributed by atoms with Gasteiger partial charge in [-0.25, -0.2) is 0 Å². The van der Waals surface area contributed by atoms with Crippen LogP contribution in [0.2, 0.25) is 0 Å². The average molecular weight is 552 g/mol. The molecule has 0 radical (unpaired) electrons. The van der Waals surface area contributed by atoms with Gasteiger partial charge in [-0.3, -0.25) is 4.79 Å². The number of rotatable bonds is 13. The third-order valence-electron chi connectivity index (χ3n) is 8.28. The Kier molecular flexibility index (Phi) is 12.0. The molecule has 3 rings (SSSR count). The van der Waals surface area contributed by atoms with Gasteiger partial charge in [0.05, 0.1) is 5.60 Å². The van der Waals surface area contributed by atoms with Gasteiger partial charge in [-0.2, -0.15) is 0 Å². The fourth-order valence-corrected chi connectivity index (χ4v) is 6.77. The number of piperidine rings is 1. The Hall–Kier alpha value is -0.950. The summed E-state index contributed by atoms with van der Waals surface area (Å²) in [5.41, 5.74) is 0.0112. The van der Waals surface area contributed by atoms with Crippen LogP contribution in [0, 0.1) is 17.8 Å². The highest BCUT2D eigenvalue weighted by atomic mass is 79.9. The molecule has 1 aromatic carbocycles. The van der Waals surface area contributed by atoms with E-state index in [1.807, 2.05) is 31.3 Å². The molecule has 198 valence electrons. The van der Waals surface area contributed by atoms with Crippen LogP contribution in [0.4, 0.5) is 0 Å². The fourth-order valence-electron chi connectivity index (χ4n) is 6.37. The van der Waals surface area contributed by atoms with Crippen molar-refractivity contribution in [2.45, 2.75) is 82.7 Å². The molecule has 0 unspecified atom stereocenters. The molecular weight excluding hydrogens is 504 g/mol. The number of nitrogens with zero attached hydrogens (tertiary/aromatic N) is 1. The number of hydrogen-bond acceptors (Lipinski definition) is 4. The molecule has 2 fully saturated rings. The summed E-state index contributed by atoms with van der Waals surface area (Å²) in [5.74, 6) is 1.48. The number of methoxy groups -OCH3 is 1. The molecule has 0 bridgehead atoms. The predicted molar refractivity (Wildman–Crippen MR) is 146 cm³/mol. The van der Waals surface area contributed by atoms with Crippen LogP contribution in [0.15, 0.2) is 28.7 Å². The minimum absolute atomic E-state index is 0.0399. The molecular formula is C29H47BrN2O3. The van der Waals surface area contributed by atoms with Gasteiger partial charge in [-0.15, -0.1) is 0 Å². The lowest BCUT2D eigenvalue weighted by Gasteiger charge is -2.43. The number of unbranched alkanes of at least 4 members (excludes halogenated alkanes) is 1. The quantitative estimate of drug-likeness (QED) is 0.300. The van der Waals surface area contributed by atoms with E-state index in [2.05, 4.69) is 26.1 Å². The third-order valence-corrected chi connectivity index (χ3v) is 8.77. The van der Waals surface area contributed by atoms with Crippen LogP contribution in [-0.2, 0) is 15.1 Å². The van der Waals surface area contributed by atoms with Gasteiger partial charge in [0.15, 0.2) is 0 Å². The van der Waals surface area contributed by atoms with Crippen molar-refractivity contribution in [1.29, 1.82) is 0 Å². The maximum absolute atomic E-state index is 13.5. The fraction of sp³-hybridized carbons (Fsp3) is 0.759. The van der Waals surface area contributed by atoms with E-state index < -0.39 is 5.60 Å². The van der Waals surface area contributed by atoms with Gasteiger partial charge in [0, 0.05) is 43.6 Å². The van der Waals surface area contributed by atoms with Crippen molar-refractivity contribution in [3.8, 4) is 0 Å². The number of halogens is 1. The number of carbonyl (C=O) groups is 1. The van der Waals surface area contributed by atoms with Crippen molar-refractivity contribution in [2.75, 3.05) is 40.4 Å². The summed E-state index contributed by atoms with van der Waals surface area (Å²) in [4.78, 5) is 15.5. The Balaban J connectivity index is 1.67. The molecule has 1 aromatic rings. The van der Waals surface area contributed by atoms with Gasteiger partial charge >= 0.3 is 0 Å². The normalized spacial score (nSPS) is 22.1. The molecule has 1 saturated carbocycles. The first-order valence-corrected chi connectivity index (χ1v) is 14.6. The van der Waals surface area contributed by atoms with Crippen molar-refractivity contribution < 1.29 is 14.6 Å². The van der Waals surface area contributed by atoms with Gasteiger partial charge in [-0.1, -0.05) is 60.2 Å². The topological polar surface area (TPSA) is 61.8 Å². The molecule has 5 nitrogen and oxygen atoms in total. The molecule has 2 aliphatic rings. The van der Waals surface area contributed by atoms with Gasteiger partial charge < -0.3 is 20.1 Å². The van der Waals surface area contributed by atoms with E-state index in [0.29, 0.717) is 31.9 Å². The van der Waals surface area contributed by atoms with E-state index in [1.165, 1.54) is 32.1 Å². The lowest BCUT2D eigenvalue weighted by Crippen LogP contribution is -2.48. The maximum Gasteiger partial charge on any atom is 0.222 e. The molecule has 3 atom stereocenters. The second-order valence-electron chi connectivity index (χ2n) is 10.9. The smallest absolute Gasteiger partial charge is 0.222 e. The number of hydrogen-bond donors (Lipinski definition) is 2. The summed E-state index contributed by atoms with van der Waals surface area (Å²) in [6, 6.07) is 8.08. The Labute approximate surface area is 221 Å². The summed E-state index contributed by atoms with van der Waals surface area (Å²) >= 11 is 3.59. The van der Waals surface area contributed by atoms with Crippen molar-refractivity contribution in [3.63, 3.8) is 0 Å². The standard InChI is InChI=1S/C29H47BrN2O3/c1-31-21-24(18-23-10-4-3-5-11-23)19-28(33)32-16-9-13-26(22-32)29(34,15-6-7-17-35-2)25-12-8-14-27(30)20-25/h8,12,14,20,23-24,26,31,34H,3-7,9-11,13,15-19,21-22H2,1-2H3/t24-,26-,29-/m1/s1. The highest BCUT2D eigenvalue weighted by Crippen LogP contribution is 2.41. The minimum Gasteiger partial charge on any atom is -0.385 e. The molecule has 1 aliphatic heterocycles. The molecule has 1 saturated heterocycles. The zero-order valence-electron chi connectivity index (χ0n) is 21.9. The zero-order valence-corrected chi connectivity index (χ0v) is 23.5. The summed E-state index contributed by atoms with van der Waals surface area (Å²) in [7, 11) is 3.72. The average Bonchev–Trinajstić information content (AvgIpc) is 2.87. The van der Waals surface area contributed by atoms with Gasteiger partial charge in [0.1, 0.15) is 0 Å². The van der Waals surface area contributed by atoms with E-state index in [-0.39, 0.29) is 11.8 Å². The van der Waals surface area contributed by atoms with E-state index in [9.17, 15) is 9.90 Å². The van der Waals surface area contributed by atoms with E-state index >= 15 is 0 Å². The van der Waals surface area contributed by atoms with Crippen LogP contribution in [0.3, 0.4) is 0 Å². The maximum atomic E-state index is 13.5. The van der Waals surface area contributed by atoms with E-state index in [4.69, 9.17) is 4.74 Å². The van der Waals surface area contributed by atoms with Crippen molar-refractivity contribution in [2.24, 2.45) is 17.8 Å². The monoisotopic (exact) mass is 550 g/mol. The summed E-state index contributed by atoms with van der Waals surface area (Å²) in [6.07, 6.45) is 12.9. The van der Waals surface area contributed by atoms with Crippen LogP contribution in [-0.4, -0.2) is 56.3 Å². The second kappa shape index (κ2) is 14.7. The van der Waals surface area contributed by atoms with E-state index in [0.717, 1.165) is 61.1 Å². The Bertz CT molecular complexity index is 770. The Morgan fingerprint density at radius 1 is 1.23 bits per heavy atom. The molecule has 0 aromatic heterocycles. The first-order valence-electron chi connectivity index (χ1n) is 13.9. The summed E-state index contributed by atoms with van der Waals surface area (Å²) in [6.45, 7) is 3.06. The molecule has 1 amide bonds. The number of likely N-dealkylation sites (tertiary alicyclic amines) is 1. The summed E-state index contributed by atoms with van der Waals surface area (Å²) in [5, 5.41) is 15.4. The molecule has 2 N–H and O–H groups in total. The number of nitrogens with one attached hydrogen (secondary N) is 1. The highest BCUT2D eigenvalue weighted by Gasteiger charge is 2.41. The van der Waals surface area contributed by atoms with Crippen molar-refractivity contribution in [1.82, 2.24) is 10.2 Å². The first kappa shape index (κ1) is 28.6. The second-order valence-corrected chi connectivity index (χ2v) is 11.8. The van der Waals surface area contributed by atoms with E-state index in [1.54, 1.807) is 7.11 Å². The third kappa shape index (κ3) is 8.55. The lowest BCUT2D eigenvalue weighted by molar-refractivity contribution is -0.138. The largest absolute Gasteiger partial charge is 0.385 e. The highest BCUT2D eigenvalue weighted by molar-refractivity contribution is 9.10. The number of ether oxygens (including phenoxy) is 1. The van der Waals surface area contributed by atoms with Crippen molar-refractivity contribution >= 4 is 21.8 Å². The number of carbonyl (C=O) groups excluding carboxylic acids is 1. The van der Waals surface area contributed by atoms with Gasteiger partial charge in [-0.05, 0) is 81.6 Å². The molecule has 0 spiro atoms. The van der Waals surface area contributed by atoms with Gasteiger partial charge in [0.2, 0.25) is 5.91 Å². The predicted octanol–water partition coefficient (Wildman–Crippen LogP) is 5.89. The number of aliphatic hydroxyl groups is 1. The summed E-state index contributed by atoms with van der Waals surface area (Å²) < 4.78 is 6.22. The minimum atomic E-state index is -0.942. The molecule has 1 aliphatic carbocycles.